The molecule has 1 amide bonds. The second-order valence-electron chi connectivity index (χ2n) is 9.63. The molecule has 0 atom stereocenters. The van der Waals surface area contributed by atoms with Gasteiger partial charge in [-0.15, -0.1) is 0 Å². The van der Waals surface area contributed by atoms with Crippen molar-refractivity contribution in [3.8, 4) is 0 Å². The summed E-state index contributed by atoms with van der Waals surface area (Å²) in [5.41, 5.74) is 3.18. The zero-order valence-corrected chi connectivity index (χ0v) is 21.0. The van der Waals surface area contributed by atoms with Crippen LogP contribution in [-0.4, -0.2) is 35.5 Å². The lowest BCUT2D eigenvalue weighted by Crippen LogP contribution is -2.43. The molecule has 0 unspecified atom stereocenters. The number of benzene rings is 2. The lowest BCUT2D eigenvalue weighted by Gasteiger charge is -2.36. The largest absolute Gasteiger partial charge is 0.367 e. The first-order valence-electron chi connectivity index (χ1n) is 13.1. The number of fused-ring (bicyclic) bond motifs is 1. The summed E-state index contributed by atoms with van der Waals surface area (Å²) in [6.07, 6.45) is 10.2. The second kappa shape index (κ2) is 11.5. The van der Waals surface area contributed by atoms with Gasteiger partial charge in [-0.05, 0) is 49.8 Å². The molecule has 0 spiro atoms. The third-order valence-corrected chi connectivity index (χ3v) is 7.05. The van der Waals surface area contributed by atoms with E-state index in [-0.39, 0.29) is 23.2 Å². The van der Waals surface area contributed by atoms with E-state index in [1.165, 1.54) is 43.1 Å². The highest BCUT2D eigenvalue weighted by Gasteiger charge is 2.39. The Morgan fingerprint density at radius 2 is 1.46 bits per heavy atom. The Labute approximate surface area is 208 Å². The summed E-state index contributed by atoms with van der Waals surface area (Å²) in [7, 11) is 0. The number of anilines is 1. The van der Waals surface area contributed by atoms with E-state index in [0.717, 1.165) is 32.1 Å². The topological polar surface area (TPSA) is 57.7 Å². The molecule has 2 aliphatic rings. The summed E-state index contributed by atoms with van der Waals surface area (Å²) in [5.74, 6) is -0.717. The van der Waals surface area contributed by atoms with Crippen molar-refractivity contribution in [3.63, 3.8) is 0 Å². The van der Waals surface area contributed by atoms with E-state index in [4.69, 9.17) is 0 Å². The summed E-state index contributed by atoms with van der Waals surface area (Å²) in [6, 6.07) is 14.8. The van der Waals surface area contributed by atoms with Gasteiger partial charge in [0, 0.05) is 36.8 Å². The number of allylic oxidation sites excluding steroid dienone is 2. The molecule has 4 rings (SSSR count). The van der Waals surface area contributed by atoms with E-state index in [1.54, 1.807) is 24.3 Å². The smallest absolute Gasteiger partial charge is 0.228 e. The standard InChI is InChI=1S/C30H36N2O3/c1-3-4-5-6-8-13-23-16-18-24(19-17-23)32(22(2)33)28-27(31-20-11-7-12-21-31)29(34)25-14-9-10-15-26(25)30(28)35/h9-10,14-19H,3-8,11-13,20-21H2,1-2H3. The van der Waals surface area contributed by atoms with Gasteiger partial charge in [-0.3, -0.25) is 19.3 Å². The van der Waals surface area contributed by atoms with Crippen LogP contribution in [0.2, 0.25) is 0 Å². The van der Waals surface area contributed by atoms with E-state index < -0.39 is 0 Å². The van der Waals surface area contributed by atoms with Gasteiger partial charge in [-0.2, -0.15) is 0 Å². The lowest BCUT2D eigenvalue weighted by molar-refractivity contribution is -0.116. The monoisotopic (exact) mass is 472 g/mol. The Kier molecular flexibility index (Phi) is 8.17. The molecule has 5 heteroatoms. The van der Waals surface area contributed by atoms with Crippen LogP contribution in [0.4, 0.5) is 5.69 Å². The van der Waals surface area contributed by atoms with Gasteiger partial charge in [0.1, 0.15) is 11.4 Å². The molecular formula is C30H36N2O3. The molecule has 0 saturated carbocycles. The van der Waals surface area contributed by atoms with E-state index in [1.807, 2.05) is 29.2 Å². The molecule has 1 aliphatic heterocycles. The maximum absolute atomic E-state index is 13.8. The predicted molar refractivity (Wildman–Crippen MR) is 140 cm³/mol. The summed E-state index contributed by atoms with van der Waals surface area (Å²) in [6.45, 7) is 5.10. The van der Waals surface area contributed by atoms with E-state index in [2.05, 4.69) is 6.92 Å². The number of amides is 1. The molecule has 0 bridgehead atoms. The highest BCUT2D eigenvalue weighted by molar-refractivity contribution is 6.29. The van der Waals surface area contributed by atoms with Crippen LogP contribution in [0.5, 0.6) is 0 Å². The number of ketones is 2. The number of hydrogen-bond donors (Lipinski definition) is 0. The highest BCUT2D eigenvalue weighted by Crippen LogP contribution is 2.34. The summed E-state index contributed by atoms with van der Waals surface area (Å²) < 4.78 is 0. The van der Waals surface area contributed by atoms with Gasteiger partial charge >= 0.3 is 0 Å². The first-order valence-corrected chi connectivity index (χ1v) is 13.1. The summed E-state index contributed by atoms with van der Waals surface area (Å²) in [4.78, 5) is 43.9. The Balaban J connectivity index is 1.70. The van der Waals surface area contributed by atoms with Gasteiger partial charge in [-0.25, -0.2) is 0 Å². The first-order chi connectivity index (χ1) is 17.0. The zero-order valence-electron chi connectivity index (χ0n) is 21.0. The van der Waals surface area contributed by atoms with Gasteiger partial charge in [0.05, 0.1) is 0 Å². The molecule has 1 aliphatic carbocycles. The quantitative estimate of drug-likeness (QED) is 0.400. The molecule has 0 N–H and O–H groups in total. The van der Waals surface area contributed by atoms with E-state index >= 15 is 0 Å². The highest BCUT2D eigenvalue weighted by atomic mass is 16.2. The van der Waals surface area contributed by atoms with Crippen molar-refractivity contribution in [1.82, 2.24) is 4.90 Å². The number of carbonyl (C=O) groups excluding carboxylic acids is 3. The fourth-order valence-electron chi connectivity index (χ4n) is 5.18. The van der Waals surface area contributed by atoms with Crippen LogP contribution >= 0.6 is 0 Å². The van der Waals surface area contributed by atoms with E-state index in [0.29, 0.717) is 35.6 Å². The van der Waals surface area contributed by atoms with Crippen molar-refractivity contribution in [2.75, 3.05) is 18.0 Å². The molecule has 1 fully saturated rings. The summed E-state index contributed by atoms with van der Waals surface area (Å²) in [5, 5.41) is 0. The average Bonchev–Trinajstić information content (AvgIpc) is 2.88. The molecule has 2 aromatic rings. The Morgan fingerprint density at radius 3 is 2.09 bits per heavy atom. The molecule has 2 aromatic carbocycles. The predicted octanol–water partition coefficient (Wildman–Crippen LogP) is 6.33. The van der Waals surface area contributed by atoms with Crippen LogP contribution in [0.3, 0.4) is 0 Å². The minimum absolute atomic E-state index is 0.174. The number of unbranched alkanes of at least 4 members (excludes halogenated alkanes) is 4. The lowest BCUT2D eigenvalue weighted by atomic mass is 9.88. The number of rotatable bonds is 9. The SMILES string of the molecule is CCCCCCCc1ccc(N(C(C)=O)C2=C(N3CCCCC3)C(=O)c3ccccc3C2=O)cc1. The fourth-order valence-corrected chi connectivity index (χ4v) is 5.18. The van der Waals surface area contributed by atoms with Crippen LogP contribution in [0.1, 0.15) is 91.5 Å². The molecular weight excluding hydrogens is 436 g/mol. The number of nitrogens with zero attached hydrogens (tertiary/aromatic N) is 2. The van der Waals surface area contributed by atoms with Crippen LogP contribution < -0.4 is 4.90 Å². The summed E-state index contributed by atoms with van der Waals surface area (Å²) >= 11 is 0. The minimum Gasteiger partial charge on any atom is -0.367 e. The third-order valence-electron chi connectivity index (χ3n) is 7.05. The zero-order chi connectivity index (χ0) is 24.8. The van der Waals surface area contributed by atoms with Crippen molar-refractivity contribution < 1.29 is 14.4 Å². The number of Topliss-reactive ketones (excluding diaryl/α,β-unsaturated/α-hetero) is 2. The molecule has 184 valence electrons. The molecule has 5 nitrogen and oxygen atoms in total. The van der Waals surface area contributed by atoms with Gasteiger partial charge in [0.15, 0.2) is 0 Å². The van der Waals surface area contributed by atoms with Gasteiger partial charge in [0.2, 0.25) is 17.5 Å². The van der Waals surface area contributed by atoms with Crippen LogP contribution in [-0.2, 0) is 11.2 Å². The Hall–Kier alpha value is -3.21. The maximum Gasteiger partial charge on any atom is 0.228 e. The number of likely N-dealkylation sites (tertiary alicyclic amines) is 1. The van der Waals surface area contributed by atoms with Crippen molar-refractivity contribution in [2.24, 2.45) is 0 Å². The van der Waals surface area contributed by atoms with Gasteiger partial charge in [0.25, 0.3) is 0 Å². The van der Waals surface area contributed by atoms with Crippen molar-refractivity contribution in [3.05, 3.63) is 76.6 Å². The molecule has 1 saturated heterocycles. The normalized spacial score (nSPS) is 15.9. The average molecular weight is 473 g/mol. The number of hydrogen-bond acceptors (Lipinski definition) is 4. The minimum atomic E-state index is -0.276. The molecule has 0 radical (unpaired) electrons. The number of piperidine rings is 1. The van der Waals surface area contributed by atoms with Crippen molar-refractivity contribution >= 4 is 23.2 Å². The van der Waals surface area contributed by atoms with Crippen molar-refractivity contribution in [1.29, 1.82) is 0 Å². The second-order valence-corrected chi connectivity index (χ2v) is 9.63. The van der Waals surface area contributed by atoms with Crippen LogP contribution in [0, 0.1) is 0 Å². The van der Waals surface area contributed by atoms with Crippen LogP contribution in [0.15, 0.2) is 59.9 Å². The Morgan fingerprint density at radius 1 is 0.829 bits per heavy atom. The Bertz CT molecular complexity index is 1110. The van der Waals surface area contributed by atoms with Crippen LogP contribution in [0.25, 0.3) is 0 Å². The third kappa shape index (κ3) is 5.39. The van der Waals surface area contributed by atoms with E-state index in [9.17, 15) is 14.4 Å². The van der Waals surface area contributed by atoms with Crippen molar-refractivity contribution in [2.45, 2.75) is 71.6 Å². The van der Waals surface area contributed by atoms with Gasteiger partial charge < -0.3 is 4.90 Å². The fraction of sp³-hybridized carbons (Fsp3) is 0.433. The number of carbonyl (C=O) groups is 3. The van der Waals surface area contributed by atoms with Gasteiger partial charge in [-0.1, -0.05) is 69.0 Å². The molecule has 0 aromatic heterocycles. The molecule has 35 heavy (non-hydrogen) atoms. The first kappa shape index (κ1) is 24.9. The molecule has 1 heterocycles. The maximum atomic E-state index is 13.8. The number of aryl methyl sites for hydroxylation is 1.